The monoisotopic (exact) mass is 405 g/mol. The number of aliphatic hydroxyl groups is 1. The van der Waals surface area contributed by atoms with Crippen molar-refractivity contribution in [3.05, 3.63) is 22.9 Å². The lowest BCUT2D eigenvalue weighted by atomic mass is 9.74. The molecule has 0 aromatic heterocycles. The van der Waals surface area contributed by atoms with Gasteiger partial charge in [-0.2, -0.15) is 0 Å². The minimum absolute atomic E-state index is 0.0255. The number of allylic oxidation sites excluding steroid dienone is 1. The number of aliphatic hydroxyl groups excluding tert-OH is 1. The number of hydrogen-bond donors (Lipinski definition) is 1. The molecule has 9 atom stereocenters. The Hall–Kier alpha value is -1.57. The van der Waals surface area contributed by atoms with Gasteiger partial charge in [0, 0.05) is 30.5 Å². The van der Waals surface area contributed by atoms with E-state index in [2.05, 4.69) is 11.8 Å². The molecule has 160 valence electrons. The van der Waals surface area contributed by atoms with E-state index in [1.165, 1.54) is 0 Å². The Kier molecular flexibility index (Phi) is 4.68. The van der Waals surface area contributed by atoms with Gasteiger partial charge in [0.05, 0.1) is 31.0 Å². The maximum absolute atomic E-state index is 12.1. The maximum atomic E-state index is 12.1. The molecule has 0 aromatic carbocycles. The third-order valence-corrected chi connectivity index (χ3v) is 7.69. The van der Waals surface area contributed by atoms with Gasteiger partial charge < -0.3 is 24.1 Å². The topological polar surface area (TPSA) is 77.5 Å². The molecule has 7 heteroatoms. The van der Waals surface area contributed by atoms with Crippen LogP contribution in [0.15, 0.2) is 22.9 Å². The Labute approximate surface area is 171 Å². The molecular formula is C22H31NO6. The summed E-state index contributed by atoms with van der Waals surface area (Å²) in [6, 6.07) is 0.382. The molecule has 0 aromatic rings. The lowest BCUT2D eigenvalue weighted by Crippen LogP contribution is -2.63. The summed E-state index contributed by atoms with van der Waals surface area (Å²) in [6.45, 7) is 6.85. The SMILES string of the molecule is CC[C@@H](O)[C@H]1CC[C@H]2O[C@H]3CCN1[C@@H]2[C@@H]1C3O/C(=C2\OC(=O)C(C)=C2OC)[C@H]1C. The van der Waals surface area contributed by atoms with Crippen LogP contribution in [0.25, 0.3) is 0 Å². The van der Waals surface area contributed by atoms with E-state index in [4.69, 9.17) is 18.9 Å². The van der Waals surface area contributed by atoms with E-state index in [9.17, 15) is 9.90 Å². The zero-order valence-corrected chi connectivity index (χ0v) is 17.6. The molecule has 0 saturated carbocycles. The second kappa shape index (κ2) is 7.00. The molecule has 4 bridgehead atoms. The van der Waals surface area contributed by atoms with Gasteiger partial charge in [-0.15, -0.1) is 0 Å². The minimum Gasteiger partial charge on any atom is -0.492 e. The van der Waals surface area contributed by atoms with Crippen molar-refractivity contribution < 1.29 is 28.8 Å². The van der Waals surface area contributed by atoms with Crippen LogP contribution in [0.3, 0.4) is 0 Å². The van der Waals surface area contributed by atoms with Gasteiger partial charge >= 0.3 is 5.97 Å². The lowest BCUT2D eigenvalue weighted by Gasteiger charge is -2.51. The van der Waals surface area contributed by atoms with Crippen molar-refractivity contribution in [2.24, 2.45) is 11.8 Å². The largest absolute Gasteiger partial charge is 0.492 e. The average Bonchev–Trinajstić information content (AvgIpc) is 3.11. The third-order valence-electron chi connectivity index (χ3n) is 7.69. The lowest BCUT2D eigenvalue weighted by molar-refractivity contribution is -0.175. The van der Waals surface area contributed by atoms with E-state index >= 15 is 0 Å². The molecule has 0 radical (unpaired) electrons. The van der Waals surface area contributed by atoms with Gasteiger partial charge in [0.2, 0.25) is 5.76 Å². The number of piperidine rings is 1. The van der Waals surface area contributed by atoms with Gasteiger partial charge in [-0.25, -0.2) is 4.79 Å². The second-order valence-electron chi connectivity index (χ2n) is 9.04. The summed E-state index contributed by atoms with van der Waals surface area (Å²) in [6.07, 6.45) is 3.41. The Balaban J connectivity index is 1.53. The number of esters is 1. The number of cyclic esters (lactones) is 1. The van der Waals surface area contributed by atoms with E-state index < -0.39 is 0 Å². The Bertz CT molecular complexity index is 775. The van der Waals surface area contributed by atoms with Gasteiger partial charge in [0.25, 0.3) is 0 Å². The van der Waals surface area contributed by atoms with Gasteiger partial charge in [-0.3, -0.25) is 4.90 Å². The number of rotatable bonds is 3. The van der Waals surface area contributed by atoms with Crippen LogP contribution in [0.5, 0.6) is 0 Å². The molecule has 6 rings (SSSR count). The molecule has 2 unspecified atom stereocenters. The van der Waals surface area contributed by atoms with Crippen LogP contribution in [0, 0.1) is 11.8 Å². The van der Waals surface area contributed by atoms with E-state index in [0.29, 0.717) is 22.9 Å². The summed E-state index contributed by atoms with van der Waals surface area (Å²) in [4.78, 5) is 14.6. The summed E-state index contributed by atoms with van der Waals surface area (Å²) in [5.41, 5.74) is 0.476. The highest BCUT2D eigenvalue weighted by atomic mass is 16.6. The molecule has 5 saturated heterocycles. The van der Waals surface area contributed by atoms with Crippen molar-refractivity contribution in [3.8, 4) is 0 Å². The van der Waals surface area contributed by atoms with Gasteiger partial charge in [-0.1, -0.05) is 13.8 Å². The van der Waals surface area contributed by atoms with E-state index in [1.807, 2.05) is 6.92 Å². The third kappa shape index (κ3) is 2.70. The second-order valence-corrected chi connectivity index (χ2v) is 9.04. The van der Waals surface area contributed by atoms with E-state index in [0.717, 1.165) is 32.2 Å². The van der Waals surface area contributed by atoms with Crippen LogP contribution in [0.2, 0.25) is 0 Å². The number of ether oxygens (including phenoxy) is 4. The highest BCUT2D eigenvalue weighted by molar-refractivity contribution is 5.93. The maximum Gasteiger partial charge on any atom is 0.343 e. The van der Waals surface area contributed by atoms with Gasteiger partial charge in [0.15, 0.2) is 5.76 Å². The van der Waals surface area contributed by atoms with Crippen molar-refractivity contribution >= 4 is 5.97 Å². The van der Waals surface area contributed by atoms with Crippen LogP contribution < -0.4 is 0 Å². The smallest absolute Gasteiger partial charge is 0.343 e. The van der Waals surface area contributed by atoms with Gasteiger partial charge in [-0.05, 0) is 32.6 Å². The van der Waals surface area contributed by atoms with E-state index in [-0.39, 0.29) is 54.3 Å². The van der Waals surface area contributed by atoms with Crippen LogP contribution in [0.4, 0.5) is 0 Å². The number of carbonyl (C=O) groups excluding carboxylic acids is 1. The van der Waals surface area contributed by atoms with Crippen molar-refractivity contribution in [1.29, 1.82) is 0 Å². The fourth-order valence-corrected chi connectivity index (χ4v) is 6.29. The van der Waals surface area contributed by atoms with Crippen molar-refractivity contribution in [1.82, 2.24) is 4.90 Å². The number of hydrogen-bond acceptors (Lipinski definition) is 7. The quantitative estimate of drug-likeness (QED) is 0.721. The molecular weight excluding hydrogens is 374 g/mol. The normalized spacial score (nSPS) is 46.9. The summed E-state index contributed by atoms with van der Waals surface area (Å²) in [7, 11) is 1.55. The average molecular weight is 405 g/mol. The first-order chi connectivity index (χ1) is 14.0. The molecule has 6 heterocycles. The highest BCUT2D eigenvalue weighted by Gasteiger charge is 2.61. The number of nitrogens with zero attached hydrogens (tertiary/aromatic N) is 1. The predicted molar refractivity (Wildman–Crippen MR) is 103 cm³/mol. The standard InChI is InChI=1S/C22H31NO6/c1-5-13(24)12-6-7-14-17-16-10(2)19(21-18(26-4)11(3)22(25)29-21)28-20(16)15(27-14)8-9-23(12)17/h10,12-17,20,24H,5-9H2,1-4H3/b21-19-/t10-,12+,13+,14+,15-,16+,17-,20?/m0/s1. The Morgan fingerprint density at radius 3 is 2.79 bits per heavy atom. The van der Waals surface area contributed by atoms with Crippen LogP contribution in [-0.2, 0) is 23.7 Å². The fraction of sp³-hybridized carbons (Fsp3) is 0.773. The molecule has 6 aliphatic heterocycles. The first-order valence-corrected chi connectivity index (χ1v) is 10.9. The van der Waals surface area contributed by atoms with Crippen molar-refractivity contribution in [2.45, 2.75) is 83.0 Å². The zero-order valence-electron chi connectivity index (χ0n) is 17.6. The number of methoxy groups -OCH3 is 1. The molecule has 1 N–H and O–H groups in total. The minimum atomic E-state index is -0.377. The summed E-state index contributed by atoms with van der Waals surface area (Å²) >= 11 is 0. The number of fused-ring (bicyclic) bond motifs is 1. The van der Waals surface area contributed by atoms with Crippen molar-refractivity contribution in [2.75, 3.05) is 13.7 Å². The van der Waals surface area contributed by atoms with Crippen molar-refractivity contribution in [3.63, 3.8) is 0 Å². The molecule has 6 aliphatic rings. The summed E-state index contributed by atoms with van der Waals surface area (Å²) < 4.78 is 24.0. The predicted octanol–water partition coefficient (Wildman–Crippen LogP) is 2.10. The molecule has 29 heavy (non-hydrogen) atoms. The first kappa shape index (κ1) is 19.4. The Morgan fingerprint density at radius 2 is 2.07 bits per heavy atom. The zero-order chi connectivity index (χ0) is 20.4. The highest BCUT2D eigenvalue weighted by Crippen LogP contribution is 2.53. The molecule has 0 spiro atoms. The van der Waals surface area contributed by atoms with Crippen LogP contribution in [-0.4, -0.2) is 66.1 Å². The molecule has 0 aliphatic carbocycles. The number of carbonyl (C=O) groups is 1. The van der Waals surface area contributed by atoms with Crippen LogP contribution >= 0.6 is 0 Å². The Morgan fingerprint density at radius 1 is 1.28 bits per heavy atom. The van der Waals surface area contributed by atoms with E-state index in [1.54, 1.807) is 14.0 Å². The first-order valence-electron chi connectivity index (χ1n) is 10.9. The van der Waals surface area contributed by atoms with Gasteiger partial charge in [0.1, 0.15) is 11.9 Å². The molecule has 7 nitrogen and oxygen atoms in total. The fourth-order valence-electron chi connectivity index (χ4n) is 6.29. The summed E-state index contributed by atoms with van der Waals surface area (Å²) in [5, 5.41) is 10.7. The van der Waals surface area contributed by atoms with Crippen LogP contribution in [0.1, 0.15) is 46.5 Å². The summed E-state index contributed by atoms with van der Waals surface area (Å²) in [5.74, 6) is 1.56. The molecule has 0 amide bonds. The molecule has 5 fully saturated rings.